The van der Waals surface area contributed by atoms with Gasteiger partial charge in [0.05, 0.1) is 5.69 Å². The summed E-state index contributed by atoms with van der Waals surface area (Å²) < 4.78 is 2.07. The van der Waals surface area contributed by atoms with E-state index in [1.54, 1.807) is 12.4 Å². The van der Waals surface area contributed by atoms with Gasteiger partial charge in [0.2, 0.25) is 0 Å². The molecule has 0 radical (unpaired) electrons. The van der Waals surface area contributed by atoms with E-state index >= 15 is 0 Å². The lowest BCUT2D eigenvalue weighted by molar-refractivity contribution is 0.267. The number of aromatic nitrogens is 4. The van der Waals surface area contributed by atoms with Gasteiger partial charge in [-0.1, -0.05) is 24.6 Å². The van der Waals surface area contributed by atoms with Gasteiger partial charge in [0.1, 0.15) is 0 Å². The van der Waals surface area contributed by atoms with Crippen molar-refractivity contribution < 1.29 is 0 Å². The van der Waals surface area contributed by atoms with Crippen LogP contribution >= 0.6 is 0 Å². The third-order valence-electron chi connectivity index (χ3n) is 4.29. The lowest BCUT2D eigenvalue weighted by atomic mass is 9.85. The minimum atomic E-state index is 0.748. The van der Waals surface area contributed by atoms with Crippen LogP contribution in [0.25, 0.3) is 22.6 Å². The average molecular weight is 290 g/mol. The largest absolute Gasteiger partial charge is 0.272 e. The highest BCUT2D eigenvalue weighted by molar-refractivity contribution is 5.67. The molecule has 0 amide bonds. The van der Waals surface area contributed by atoms with E-state index in [9.17, 15) is 0 Å². The molecule has 0 bridgehead atoms. The summed E-state index contributed by atoms with van der Waals surface area (Å²) in [7, 11) is 0. The van der Waals surface area contributed by atoms with Gasteiger partial charge < -0.3 is 0 Å². The Morgan fingerprint density at radius 1 is 1.00 bits per heavy atom. The quantitative estimate of drug-likeness (QED) is 0.734. The zero-order valence-corrected chi connectivity index (χ0v) is 12.4. The normalized spacial score (nSPS) is 14.7. The summed E-state index contributed by atoms with van der Waals surface area (Å²) in [5.74, 6) is 1.56. The second-order valence-corrected chi connectivity index (χ2v) is 5.87. The molecule has 1 fully saturated rings. The Morgan fingerprint density at radius 3 is 2.59 bits per heavy atom. The topological polar surface area (TPSA) is 43.6 Å². The molecule has 0 saturated heterocycles. The van der Waals surface area contributed by atoms with Gasteiger partial charge in [0, 0.05) is 36.3 Å². The maximum Gasteiger partial charge on any atom is 0.159 e. The van der Waals surface area contributed by atoms with E-state index in [0.29, 0.717) is 0 Å². The van der Waals surface area contributed by atoms with Gasteiger partial charge in [-0.25, -0.2) is 9.97 Å². The van der Waals surface area contributed by atoms with E-state index in [1.807, 2.05) is 18.2 Å². The molecule has 3 aromatic rings. The third-order valence-corrected chi connectivity index (χ3v) is 4.29. The maximum absolute atomic E-state index is 4.71. The minimum Gasteiger partial charge on any atom is -0.272 e. The fraction of sp³-hybridized carbons (Fsp3) is 0.278. The summed E-state index contributed by atoms with van der Waals surface area (Å²) >= 11 is 0. The highest BCUT2D eigenvalue weighted by atomic mass is 15.3. The molecule has 0 unspecified atom stereocenters. The first kappa shape index (κ1) is 13.2. The summed E-state index contributed by atoms with van der Waals surface area (Å²) in [6.45, 7) is 1.04. The van der Waals surface area contributed by atoms with Crippen LogP contribution in [0.2, 0.25) is 0 Å². The summed E-state index contributed by atoms with van der Waals surface area (Å²) in [5, 5.41) is 4.71. The third kappa shape index (κ3) is 2.64. The molecule has 0 atom stereocenters. The Morgan fingerprint density at radius 2 is 1.82 bits per heavy atom. The monoisotopic (exact) mass is 290 g/mol. The minimum absolute atomic E-state index is 0.748. The van der Waals surface area contributed by atoms with Crippen molar-refractivity contribution in [3.63, 3.8) is 0 Å². The first-order valence-corrected chi connectivity index (χ1v) is 7.80. The summed E-state index contributed by atoms with van der Waals surface area (Å²) in [4.78, 5) is 8.62. The standard InChI is InChI=1S/C18H18N4/c1-4-14(5-1)13-22-11-8-17(21-22)15-6-2-7-16(12-15)18-19-9-3-10-20-18/h2-3,6-12,14H,1,4-5,13H2. The molecule has 4 heteroatoms. The molecule has 22 heavy (non-hydrogen) atoms. The van der Waals surface area contributed by atoms with E-state index in [0.717, 1.165) is 35.1 Å². The maximum atomic E-state index is 4.71. The summed E-state index contributed by atoms with van der Waals surface area (Å²) in [6.07, 6.45) is 9.67. The van der Waals surface area contributed by atoms with Gasteiger partial charge >= 0.3 is 0 Å². The Bertz CT molecular complexity index is 760. The summed E-state index contributed by atoms with van der Waals surface area (Å²) in [5.41, 5.74) is 3.14. The molecule has 4 rings (SSSR count). The number of nitrogens with zero attached hydrogens (tertiary/aromatic N) is 4. The van der Waals surface area contributed by atoms with Crippen LogP contribution in [0.3, 0.4) is 0 Å². The van der Waals surface area contributed by atoms with Gasteiger partial charge in [0.25, 0.3) is 0 Å². The first-order chi connectivity index (χ1) is 10.9. The van der Waals surface area contributed by atoms with Gasteiger partial charge in [-0.3, -0.25) is 4.68 Å². The second-order valence-electron chi connectivity index (χ2n) is 5.87. The van der Waals surface area contributed by atoms with Gasteiger partial charge in [0.15, 0.2) is 5.82 Å². The van der Waals surface area contributed by atoms with E-state index < -0.39 is 0 Å². The van der Waals surface area contributed by atoms with Crippen molar-refractivity contribution in [3.8, 4) is 22.6 Å². The molecule has 0 aliphatic heterocycles. The van der Waals surface area contributed by atoms with Crippen LogP contribution in [0.4, 0.5) is 0 Å². The van der Waals surface area contributed by atoms with Crippen LogP contribution in [0.1, 0.15) is 19.3 Å². The molecule has 2 heterocycles. The van der Waals surface area contributed by atoms with Crippen LogP contribution in [0, 0.1) is 5.92 Å². The van der Waals surface area contributed by atoms with Crippen LogP contribution < -0.4 is 0 Å². The molecule has 1 aliphatic rings. The molecule has 2 aromatic heterocycles. The first-order valence-electron chi connectivity index (χ1n) is 7.80. The van der Waals surface area contributed by atoms with E-state index in [4.69, 9.17) is 5.10 Å². The van der Waals surface area contributed by atoms with Crippen molar-refractivity contribution in [1.29, 1.82) is 0 Å². The van der Waals surface area contributed by atoms with Crippen molar-refractivity contribution in [1.82, 2.24) is 19.7 Å². The van der Waals surface area contributed by atoms with Crippen molar-refractivity contribution in [2.45, 2.75) is 25.8 Å². The SMILES string of the molecule is c1cnc(-c2cccc(-c3ccn(CC4CCC4)n3)c2)nc1. The number of hydrogen-bond donors (Lipinski definition) is 0. The zero-order chi connectivity index (χ0) is 14.8. The molecule has 1 aromatic carbocycles. The van der Waals surface area contributed by atoms with Crippen LogP contribution in [0.5, 0.6) is 0 Å². The highest BCUT2D eigenvalue weighted by Crippen LogP contribution is 2.28. The van der Waals surface area contributed by atoms with E-state index in [-0.39, 0.29) is 0 Å². The van der Waals surface area contributed by atoms with Crippen molar-refractivity contribution >= 4 is 0 Å². The Balaban J connectivity index is 1.60. The van der Waals surface area contributed by atoms with Crippen molar-refractivity contribution in [2.24, 2.45) is 5.92 Å². The molecule has 110 valence electrons. The fourth-order valence-corrected chi connectivity index (χ4v) is 2.82. The number of rotatable bonds is 4. The predicted octanol–water partition coefficient (Wildman–Crippen LogP) is 3.81. The zero-order valence-electron chi connectivity index (χ0n) is 12.4. The van der Waals surface area contributed by atoms with E-state index in [2.05, 4.69) is 39.0 Å². The molecule has 0 N–H and O–H groups in total. The van der Waals surface area contributed by atoms with Crippen LogP contribution in [-0.2, 0) is 6.54 Å². The number of benzene rings is 1. The lowest BCUT2D eigenvalue weighted by Gasteiger charge is -2.24. The van der Waals surface area contributed by atoms with Crippen LogP contribution in [0.15, 0.2) is 55.0 Å². The van der Waals surface area contributed by atoms with Crippen molar-refractivity contribution in [2.75, 3.05) is 0 Å². The predicted molar refractivity (Wildman–Crippen MR) is 86.0 cm³/mol. The smallest absolute Gasteiger partial charge is 0.159 e. The Kier molecular flexibility index (Phi) is 3.43. The Labute approximate surface area is 129 Å². The van der Waals surface area contributed by atoms with Gasteiger partial charge in [-0.05, 0) is 37.0 Å². The van der Waals surface area contributed by atoms with E-state index in [1.165, 1.54) is 19.3 Å². The average Bonchev–Trinajstić information content (AvgIpc) is 3.01. The highest BCUT2D eigenvalue weighted by Gasteiger charge is 2.18. The molecule has 1 aliphatic carbocycles. The van der Waals surface area contributed by atoms with Crippen LogP contribution in [-0.4, -0.2) is 19.7 Å². The molecule has 0 spiro atoms. The fourth-order valence-electron chi connectivity index (χ4n) is 2.82. The molecular weight excluding hydrogens is 272 g/mol. The lowest BCUT2D eigenvalue weighted by Crippen LogP contribution is -2.18. The van der Waals surface area contributed by atoms with Gasteiger partial charge in [-0.15, -0.1) is 0 Å². The summed E-state index contributed by atoms with van der Waals surface area (Å²) in [6, 6.07) is 12.2. The van der Waals surface area contributed by atoms with Crippen molar-refractivity contribution in [3.05, 3.63) is 55.0 Å². The number of hydrogen-bond acceptors (Lipinski definition) is 3. The second kappa shape index (κ2) is 5.72. The Hall–Kier alpha value is -2.49. The molecule has 1 saturated carbocycles. The van der Waals surface area contributed by atoms with Gasteiger partial charge in [-0.2, -0.15) is 5.10 Å². The molecule has 4 nitrogen and oxygen atoms in total. The molecular formula is C18H18N4.